The van der Waals surface area contributed by atoms with Crippen LogP contribution >= 0.6 is 11.8 Å². The molecule has 0 saturated heterocycles. The second-order valence-electron chi connectivity index (χ2n) is 5.24. The lowest BCUT2D eigenvalue weighted by Gasteiger charge is -2.15. The zero-order valence-corrected chi connectivity index (χ0v) is 13.9. The summed E-state index contributed by atoms with van der Waals surface area (Å²) in [5, 5.41) is 3.58. The minimum atomic E-state index is 0.503. The molecule has 1 heterocycles. The van der Waals surface area contributed by atoms with Gasteiger partial charge in [-0.05, 0) is 36.7 Å². The lowest BCUT2D eigenvalue weighted by atomic mass is 10.1. The molecule has 0 aliphatic carbocycles. The number of aromatic nitrogens is 1. The molecule has 0 radical (unpaired) electrons. The maximum absolute atomic E-state index is 3.58. The highest BCUT2D eigenvalue weighted by atomic mass is 32.2. The van der Waals surface area contributed by atoms with Gasteiger partial charge in [-0.1, -0.05) is 38.5 Å². The van der Waals surface area contributed by atoms with Crippen LogP contribution in [0, 0.1) is 0 Å². The predicted molar refractivity (Wildman–Crippen MR) is 92.9 cm³/mol. The van der Waals surface area contributed by atoms with Crippen LogP contribution in [0.15, 0.2) is 53.7 Å². The SMILES string of the molecule is CCCC(NCC)c1ccn(CCSc2ccccc2)c1. The molecule has 2 rings (SSSR count). The molecule has 114 valence electrons. The molecule has 0 amide bonds. The van der Waals surface area contributed by atoms with E-state index in [-0.39, 0.29) is 0 Å². The molecule has 1 aromatic carbocycles. The highest BCUT2D eigenvalue weighted by Gasteiger charge is 2.10. The Morgan fingerprint density at radius 2 is 1.95 bits per heavy atom. The third-order valence-electron chi connectivity index (χ3n) is 3.57. The Kier molecular flexibility index (Phi) is 6.90. The molecule has 1 unspecified atom stereocenters. The van der Waals surface area contributed by atoms with E-state index in [0.29, 0.717) is 6.04 Å². The van der Waals surface area contributed by atoms with Crippen LogP contribution in [0.1, 0.15) is 38.3 Å². The van der Waals surface area contributed by atoms with E-state index in [1.807, 2.05) is 11.8 Å². The van der Waals surface area contributed by atoms with Crippen molar-refractivity contribution in [2.24, 2.45) is 0 Å². The van der Waals surface area contributed by atoms with Gasteiger partial charge in [-0.2, -0.15) is 0 Å². The van der Waals surface area contributed by atoms with Crippen LogP contribution in [0.3, 0.4) is 0 Å². The maximum Gasteiger partial charge on any atom is 0.0335 e. The monoisotopic (exact) mass is 302 g/mol. The normalized spacial score (nSPS) is 12.5. The van der Waals surface area contributed by atoms with Gasteiger partial charge in [0.2, 0.25) is 0 Å². The van der Waals surface area contributed by atoms with Crippen molar-refractivity contribution in [3.8, 4) is 0 Å². The first-order valence-corrected chi connectivity index (χ1v) is 8.89. The molecule has 0 aliphatic rings. The summed E-state index contributed by atoms with van der Waals surface area (Å²) >= 11 is 1.92. The average molecular weight is 302 g/mol. The van der Waals surface area contributed by atoms with Gasteiger partial charge < -0.3 is 9.88 Å². The Morgan fingerprint density at radius 3 is 2.67 bits per heavy atom. The van der Waals surface area contributed by atoms with E-state index < -0.39 is 0 Å². The Balaban J connectivity index is 1.84. The van der Waals surface area contributed by atoms with Crippen LogP contribution in [0.5, 0.6) is 0 Å². The van der Waals surface area contributed by atoms with Gasteiger partial charge in [-0.3, -0.25) is 0 Å². The molecule has 0 saturated carbocycles. The Bertz CT molecular complexity index is 501. The van der Waals surface area contributed by atoms with Gasteiger partial charge in [0.25, 0.3) is 0 Å². The molecule has 3 heteroatoms. The summed E-state index contributed by atoms with van der Waals surface area (Å²) in [7, 11) is 0. The summed E-state index contributed by atoms with van der Waals surface area (Å²) in [5.74, 6) is 1.11. The van der Waals surface area contributed by atoms with Crippen LogP contribution < -0.4 is 5.32 Å². The first-order chi connectivity index (χ1) is 10.3. The Hall–Kier alpha value is -1.19. The quantitative estimate of drug-likeness (QED) is 0.674. The van der Waals surface area contributed by atoms with E-state index in [4.69, 9.17) is 0 Å². The van der Waals surface area contributed by atoms with Crippen molar-refractivity contribution in [3.05, 3.63) is 54.4 Å². The third kappa shape index (κ3) is 5.25. The molecule has 2 aromatic rings. The number of hydrogen-bond donors (Lipinski definition) is 1. The predicted octanol–water partition coefficient (Wildman–Crippen LogP) is 4.73. The van der Waals surface area contributed by atoms with Crippen LogP contribution in [0.2, 0.25) is 0 Å². The molecule has 0 fully saturated rings. The van der Waals surface area contributed by atoms with E-state index in [1.165, 1.54) is 23.3 Å². The van der Waals surface area contributed by atoms with Crippen molar-refractivity contribution in [1.29, 1.82) is 0 Å². The second-order valence-corrected chi connectivity index (χ2v) is 6.41. The molecule has 0 spiro atoms. The number of benzene rings is 1. The average Bonchev–Trinajstić information content (AvgIpc) is 2.97. The summed E-state index contributed by atoms with van der Waals surface area (Å²) in [4.78, 5) is 1.35. The number of nitrogens with one attached hydrogen (secondary N) is 1. The molecule has 2 nitrogen and oxygen atoms in total. The number of aryl methyl sites for hydroxylation is 1. The lowest BCUT2D eigenvalue weighted by Crippen LogP contribution is -2.20. The van der Waals surface area contributed by atoms with Gasteiger partial charge >= 0.3 is 0 Å². The summed E-state index contributed by atoms with van der Waals surface area (Å²) in [5.41, 5.74) is 1.42. The van der Waals surface area contributed by atoms with Crippen molar-refractivity contribution in [3.63, 3.8) is 0 Å². The smallest absolute Gasteiger partial charge is 0.0335 e. The fourth-order valence-electron chi connectivity index (χ4n) is 2.51. The third-order valence-corrected chi connectivity index (χ3v) is 4.56. The molecule has 0 bridgehead atoms. The zero-order valence-electron chi connectivity index (χ0n) is 13.1. The first-order valence-electron chi connectivity index (χ1n) is 7.90. The number of rotatable bonds is 9. The van der Waals surface area contributed by atoms with Crippen molar-refractivity contribution in [1.82, 2.24) is 9.88 Å². The van der Waals surface area contributed by atoms with Crippen LogP contribution in [0.25, 0.3) is 0 Å². The lowest BCUT2D eigenvalue weighted by molar-refractivity contribution is 0.508. The highest BCUT2D eigenvalue weighted by molar-refractivity contribution is 7.99. The van der Waals surface area contributed by atoms with Gasteiger partial charge in [-0.15, -0.1) is 11.8 Å². The topological polar surface area (TPSA) is 17.0 Å². The van der Waals surface area contributed by atoms with Gasteiger partial charge in [0.15, 0.2) is 0 Å². The number of thioether (sulfide) groups is 1. The van der Waals surface area contributed by atoms with E-state index in [2.05, 4.69) is 72.5 Å². The standard InChI is InChI=1S/C18H26N2S/c1-3-8-18(19-4-2)16-11-12-20(15-16)13-14-21-17-9-6-5-7-10-17/h5-7,9-12,15,18-19H,3-4,8,13-14H2,1-2H3. The molecular formula is C18H26N2S. The van der Waals surface area contributed by atoms with Gasteiger partial charge in [0.1, 0.15) is 0 Å². The summed E-state index contributed by atoms with van der Waals surface area (Å²) in [6, 6.07) is 13.4. The van der Waals surface area contributed by atoms with Crippen molar-refractivity contribution >= 4 is 11.8 Å². The zero-order chi connectivity index (χ0) is 14.9. The van der Waals surface area contributed by atoms with Crippen LogP contribution in [-0.2, 0) is 6.54 Å². The first kappa shape index (κ1) is 16.2. The minimum Gasteiger partial charge on any atom is -0.353 e. The van der Waals surface area contributed by atoms with Crippen molar-refractivity contribution in [2.45, 2.75) is 44.2 Å². The van der Waals surface area contributed by atoms with E-state index in [9.17, 15) is 0 Å². The summed E-state index contributed by atoms with van der Waals surface area (Å²) < 4.78 is 2.31. The molecule has 1 N–H and O–H groups in total. The molecule has 0 aliphatic heterocycles. The van der Waals surface area contributed by atoms with Crippen LogP contribution in [0.4, 0.5) is 0 Å². The van der Waals surface area contributed by atoms with Gasteiger partial charge in [-0.25, -0.2) is 0 Å². The second kappa shape index (κ2) is 8.96. The fraction of sp³-hybridized carbons (Fsp3) is 0.444. The van der Waals surface area contributed by atoms with Crippen molar-refractivity contribution < 1.29 is 0 Å². The van der Waals surface area contributed by atoms with Crippen LogP contribution in [-0.4, -0.2) is 16.9 Å². The number of nitrogens with zero attached hydrogens (tertiary/aromatic N) is 1. The van der Waals surface area contributed by atoms with E-state index in [1.54, 1.807) is 0 Å². The fourth-order valence-corrected chi connectivity index (χ4v) is 3.40. The summed E-state index contributed by atoms with van der Waals surface area (Å²) in [6.45, 7) is 6.51. The Labute approximate surface area is 133 Å². The van der Waals surface area contributed by atoms with E-state index >= 15 is 0 Å². The summed E-state index contributed by atoms with van der Waals surface area (Å²) in [6.07, 6.45) is 6.93. The minimum absolute atomic E-state index is 0.503. The molecule has 21 heavy (non-hydrogen) atoms. The highest BCUT2D eigenvalue weighted by Crippen LogP contribution is 2.20. The van der Waals surface area contributed by atoms with E-state index in [0.717, 1.165) is 18.8 Å². The molecular weight excluding hydrogens is 276 g/mol. The number of hydrogen-bond acceptors (Lipinski definition) is 2. The molecule has 1 atom stereocenters. The van der Waals surface area contributed by atoms with Crippen molar-refractivity contribution in [2.75, 3.05) is 12.3 Å². The Morgan fingerprint density at radius 1 is 1.14 bits per heavy atom. The molecule has 1 aromatic heterocycles. The maximum atomic E-state index is 3.58. The largest absolute Gasteiger partial charge is 0.353 e. The van der Waals surface area contributed by atoms with Gasteiger partial charge in [0, 0.05) is 35.6 Å². The van der Waals surface area contributed by atoms with Gasteiger partial charge in [0.05, 0.1) is 0 Å².